The fraction of sp³-hybridized carbons (Fsp3) is 0.250. The SMILES string of the molecule is CC1CCc2c(c(O)n(-c3cc(Cl)ccc3OC(=O)c3ccco3)c2O)C1. The second-order valence-corrected chi connectivity index (χ2v) is 7.20. The molecule has 1 aromatic carbocycles. The molecule has 27 heavy (non-hydrogen) atoms. The van der Waals surface area contributed by atoms with Gasteiger partial charge in [0.1, 0.15) is 0 Å². The van der Waals surface area contributed by atoms with Crippen molar-refractivity contribution in [3.05, 3.63) is 58.5 Å². The molecule has 0 bridgehead atoms. The van der Waals surface area contributed by atoms with Gasteiger partial charge in [0.2, 0.25) is 17.5 Å². The summed E-state index contributed by atoms with van der Waals surface area (Å²) in [5.41, 5.74) is 1.71. The lowest BCUT2D eigenvalue weighted by atomic mass is 9.87. The predicted octanol–water partition coefficient (Wildman–Crippen LogP) is 4.48. The minimum atomic E-state index is -0.687. The summed E-state index contributed by atoms with van der Waals surface area (Å²) in [4.78, 5) is 12.3. The van der Waals surface area contributed by atoms with Crippen LogP contribution in [-0.4, -0.2) is 20.7 Å². The number of benzene rings is 1. The molecule has 1 aliphatic carbocycles. The van der Waals surface area contributed by atoms with E-state index in [0.29, 0.717) is 29.3 Å². The maximum Gasteiger partial charge on any atom is 0.379 e. The van der Waals surface area contributed by atoms with Gasteiger partial charge < -0.3 is 19.4 Å². The average molecular weight is 388 g/mol. The molecule has 0 fully saturated rings. The highest BCUT2D eigenvalue weighted by molar-refractivity contribution is 6.30. The van der Waals surface area contributed by atoms with E-state index < -0.39 is 5.97 Å². The Bertz CT molecular complexity index is 1010. The Kier molecular flexibility index (Phi) is 4.36. The summed E-state index contributed by atoms with van der Waals surface area (Å²) in [7, 11) is 0. The van der Waals surface area contributed by atoms with Crippen molar-refractivity contribution in [3.63, 3.8) is 0 Å². The van der Waals surface area contributed by atoms with Gasteiger partial charge in [0.05, 0.1) is 12.0 Å². The maximum absolute atomic E-state index is 12.3. The number of rotatable bonds is 3. The van der Waals surface area contributed by atoms with Gasteiger partial charge in [-0.3, -0.25) is 0 Å². The van der Waals surface area contributed by atoms with E-state index in [1.54, 1.807) is 12.1 Å². The largest absolute Gasteiger partial charge is 0.494 e. The molecule has 7 heteroatoms. The van der Waals surface area contributed by atoms with Gasteiger partial charge in [-0.2, -0.15) is 0 Å². The maximum atomic E-state index is 12.3. The van der Waals surface area contributed by atoms with Crippen molar-refractivity contribution < 1.29 is 24.2 Å². The molecule has 0 saturated carbocycles. The number of ether oxygens (including phenoxy) is 1. The lowest BCUT2D eigenvalue weighted by Gasteiger charge is -2.17. The summed E-state index contributed by atoms with van der Waals surface area (Å²) in [5, 5.41) is 21.9. The van der Waals surface area contributed by atoms with Gasteiger partial charge in [-0.05, 0) is 55.5 Å². The van der Waals surface area contributed by atoms with Gasteiger partial charge in [0.25, 0.3) is 0 Å². The third kappa shape index (κ3) is 3.06. The number of carbonyl (C=O) groups excluding carboxylic acids is 1. The highest BCUT2D eigenvalue weighted by atomic mass is 35.5. The molecule has 0 amide bonds. The Hall–Kier alpha value is -2.86. The van der Waals surface area contributed by atoms with Crippen molar-refractivity contribution in [1.82, 2.24) is 4.57 Å². The van der Waals surface area contributed by atoms with E-state index in [-0.39, 0.29) is 29.0 Å². The third-order valence-corrected chi connectivity index (χ3v) is 5.09. The molecule has 6 nitrogen and oxygen atoms in total. The van der Waals surface area contributed by atoms with Crippen LogP contribution in [0.1, 0.15) is 35.0 Å². The molecule has 4 rings (SSSR count). The van der Waals surface area contributed by atoms with Gasteiger partial charge in [0.15, 0.2) is 5.75 Å². The molecule has 0 spiro atoms. The number of furan rings is 1. The molecular weight excluding hydrogens is 370 g/mol. The van der Waals surface area contributed by atoms with E-state index in [1.165, 1.54) is 29.0 Å². The standard InChI is InChI=1S/C20H18ClNO5/c1-11-4-6-13-14(9-11)19(24)22(18(13)23)15-10-12(21)5-7-16(15)27-20(25)17-3-2-8-26-17/h2-3,5,7-8,10-11,23-24H,4,6,9H2,1H3. The van der Waals surface area contributed by atoms with Crippen LogP contribution in [0.5, 0.6) is 17.5 Å². The molecule has 0 radical (unpaired) electrons. The van der Waals surface area contributed by atoms with Crippen LogP contribution < -0.4 is 4.74 Å². The normalized spacial score (nSPS) is 16.1. The van der Waals surface area contributed by atoms with E-state index in [2.05, 4.69) is 6.92 Å². The van der Waals surface area contributed by atoms with Crippen LogP contribution in [0.2, 0.25) is 5.02 Å². The minimum Gasteiger partial charge on any atom is -0.494 e. The summed E-state index contributed by atoms with van der Waals surface area (Å²) < 4.78 is 11.8. The molecule has 2 N–H and O–H groups in total. The smallest absolute Gasteiger partial charge is 0.379 e. The van der Waals surface area contributed by atoms with Crippen molar-refractivity contribution in [1.29, 1.82) is 0 Å². The predicted molar refractivity (Wildman–Crippen MR) is 99.0 cm³/mol. The van der Waals surface area contributed by atoms with Crippen LogP contribution in [0.15, 0.2) is 41.0 Å². The third-order valence-electron chi connectivity index (χ3n) is 4.85. The van der Waals surface area contributed by atoms with Crippen molar-refractivity contribution >= 4 is 17.6 Å². The summed E-state index contributed by atoms with van der Waals surface area (Å²) in [6.07, 6.45) is 3.65. The minimum absolute atomic E-state index is 0.0463. The molecular formula is C20H18ClNO5. The van der Waals surface area contributed by atoms with Crippen molar-refractivity contribution in [2.75, 3.05) is 0 Å². The van der Waals surface area contributed by atoms with Crippen molar-refractivity contribution in [2.45, 2.75) is 26.2 Å². The average Bonchev–Trinajstić information content (AvgIpc) is 3.25. The van der Waals surface area contributed by atoms with Gasteiger partial charge in [0, 0.05) is 16.1 Å². The van der Waals surface area contributed by atoms with Crippen LogP contribution in [0, 0.1) is 5.92 Å². The van der Waals surface area contributed by atoms with E-state index in [0.717, 1.165) is 12.0 Å². The van der Waals surface area contributed by atoms with Crippen LogP contribution in [0.4, 0.5) is 0 Å². The van der Waals surface area contributed by atoms with Crippen LogP contribution in [0.25, 0.3) is 5.69 Å². The quantitative estimate of drug-likeness (QED) is 0.511. The van der Waals surface area contributed by atoms with Crippen LogP contribution in [-0.2, 0) is 12.8 Å². The van der Waals surface area contributed by atoms with E-state index in [4.69, 9.17) is 20.8 Å². The zero-order valence-corrected chi connectivity index (χ0v) is 15.4. The number of fused-ring (bicyclic) bond motifs is 1. The molecule has 3 aromatic rings. The summed E-state index contributed by atoms with van der Waals surface area (Å²) in [5.74, 6) is -0.210. The topological polar surface area (TPSA) is 84.8 Å². The highest BCUT2D eigenvalue weighted by Crippen LogP contribution is 2.44. The van der Waals surface area contributed by atoms with Crippen LogP contribution >= 0.6 is 11.6 Å². The van der Waals surface area contributed by atoms with Gasteiger partial charge in [-0.1, -0.05) is 18.5 Å². The van der Waals surface area contributed by atoms with Gasteiger partial charge >= 0.3 is 5.97 Å². The van der Waals surface area contributed by atoms with Crippen molar-refractivity contribution in [3.8, 4) is 23.2 Å². The first-order valence-corrected chi connectivity index (χ1v) is 9.03. The van der Waals surface area contributed by atoms with Crippen molar-refractivity contribution in [2.24, 2.45) is 5.92 Å². The Morgan fingerprint density at radius 3 is 2.78 bits per heavy atom. The number of aromatic hydroxyl groups is 2. The summed E-state index contributed by atoms with van der Waals surface area (Å²) >= 11 is 6.12. The number of nitrogens with zero attached hydrogens (tertiary/aromatic N) is 1. The second kappa shape index (κ2) is 6.70. The van der Waals surface area contributed by atoms with E-state index in [1.807, 2.05) is 0 Å². The fourth-order valence-corrected chi connectivity index (χ4v) is 3.65. The summed E-state index contributed by atoms with van der Waals surface area (Å²) in [6, 6.07) is 7.68. The first-order chi connectivity index (χ1) is 13.0. The molecule has 0 saturated heterocycles. The first-order valence-electron chi connectivity index (χ1n) is 8.65. The number of hydrogen-bond donors (Lipinski definition) is 2. The molecule has 2 aromatic heterocycles. The second-order valence-electron chi connectivity index (χ2n) is 6.77. The van der Waals surface area contributed by atoms with Gasteiger partial charge in [-0.15, -0.1) is 0 Å². The summed E-state index contributed by atoms with van der Waals surface area (Å²) in [6.45, 7) is 2.10. The van der Waals surface area contributed by atoms with Crippen LogP contribution in [0.3, 0.4) is 0 Å². The Morgan fingerprint density at radius 2 is 2.04 bits per heavy atom. The molecule has 1 aliphatic rings. The zero-order valence-electron chi connectivity index (χ0n) is 14.6. The molecule has 140 valence electrons. The Labute approximate surface area is 160 Å². The highest BCUT2D eigenvalue weighted by Gasteiger charge is 2.29. The first kappa shape index (κ1) is 17.5. The lowest BCUT2D eigenvalue weighted by Crippen LogP contribution is -2.09. The van der Waals surface area contributed by atoms with Gasteiger partial charge in [-0.25, -0.2) is 9.36 Å². The monoisotopic (exact) mass is 387 g/mol. The number of halogens is 1. The fourth-order valence-electron chi connectivity index (χ4n) is 3.48. The van der Waals surface area contributed by atoms with E-state index in [9.17, 15) is 15.0 Å². The lowest BCUT2D eigenvalue weighted by molar-refractivity contribution is 0.0700. The molecule has 0 aliphatic heterocycles. The number of hydrogen-bond acceptors (Lipinski definition) is 5. The number of aromatic nitrogens is 1. The number of carbonyl (C=O) groups is 1. The Balaban J connectivity index is 1.81. The Morgan fingerprint density at radius 1 is 1.26 bits per heavy atom. The zero-order chi connectivity index (χ0) is 19.1. The van der Waals surface area contributed by atoms with E-state index >= 15 is 0 Å². The molecule has 1 atom stereocenters. The number of esters is 1. The molecule has 2 heterocycles. The molecule has 1 unspecified atom stereocenters.